The average molecular weight is 498 g/mol. The van der Waals surface area contributed by atoms with E-state index in [-0.39, 0.29) is 13.2 Å². The third kappa shape index (κ3) is 4.80. The van der Waals surface area contributed by atoms with Crippen LogP contribution in [-0.4, -0.2) is 31.4 Å². The van der Waals surface area contributed by atoms with Gasteiger partial charge in [0.2, 0.25) is 0 Å². The van der Waals surface area contributed by atoms with Crippen LogP contribution in [0.3, 0.4) is 0 Å². The number of nitrogens with zero attached hydrogens (tertiary/aromatic N) is 1. The minimum absolute atomic E-state index is 0.172. The topological polar surface area (TPSA) is 74.3 Å². The summed E-state index contributed by atoms with van der Waals surface area (Å²) >= 11 is 0. The van der Waals surface area contributed by atoms with Crippen LogP contribution in [0.1, 0.15) is 25.5 Å². The van der Waals surface area contributed by atoms with Crippen molar-refractivity contribution in [1.82, 2.24) is 0 Å². The van der Waals surface area contributed by atoms with E-state index in [0.717, 1.165) is 10.8 Å². The summed E-state index contributed by atoms with van der Waals surface area (Å²) in [5.74, 6) is 0.669. The number of esters is 2. The molecular formula is C30H27NO6. The fraction of sp³-hybridized carbons (Fsp3) is 0.200. The molecule has 0 aliphatic carbocycles. The van der Waals surface area contributed by atoms with Gasteiger partial charge in [-0.15, -0.1) is 0 Å². The van der Waals surface area contributed by atoms with E-state index in [1.165, 1.54) is 0 Å². The molecule has 1 aliphatic heterocycles. The van der Waals surface area contributed by atoms with Crippen LogP contribution in [0.5, 0.6) is 17.2 Å². The van der Waals surface area contributed by atoms with E-state index in [1.807, 2.05) is 60.7 Å². The van der Waals surface area contributed by atoms with E-state index in [2.05, 4.69) is 0 Å². The van der Waals surface area contributed by atoms with E-state index in [4.69, 9.17) is 18.9 Å². The van der Waals surface area contributed by atoms with E-state index < -0.39 is 24.2 Å². The second-order valence-electron chi connectivity index (χ2n) is 8.39. The number of anilines is 1. The minimum Gasteiger partial charge on any atom is -0.464 e. The van der Waals surface area contributed by atoms with E-state index in [0.29, 0.717) is 28.5 Å². The Labute approximate surface area is 215 Å². The maximum Gasteiger partial charge on any atom is 0.369 e. The number of hydrogen-bond acceptors (Lipinski definition) is 7. The van der Waals surface area contributed by atoms with Gasteiger partial charge in [-0.3, -0.25) is 0 Å². The van der Waals surface area contributed by atoms with Gasteiger partial charge in [0, 0.05) is 11.3 Å². The van der Waals surface area contributed by atoms with Crippen molar-refractivity contribution in [2.45, 2.75) is 26.1 Å². The number of ether oxygens (including phenoxy) is 4. The van der Waals surface area contributed by atoms with Crippen molar-refractivity contribution in [2.24, 2.45) is 0 Å². The number of para-hydroxylation sites is 1. The number of hydrogen-bond donors (Lipinski definition) is 0. The smallest absolute Gasteiger partial charge is 0.369 e. The van der Waals surface area contributed by atoms with Gasteiger partial charge in [0.1, 0.15) is 17.2 Å². The predicted molar refractivity (Wildman–Crippen MR) is 140 cm³/mol. The number of benzene rings is 4. The van der Waals surface area contributed by atoms with E-state index in [9.17, 15) is 9.59 Å². The van der Waals surface area contributed by atoms with Gasteiger partial charge in [0.25, 0.3) is 6.23 Å². The molecular weight excluding hydrogens is 470 g/mol. The van der Waals surface area contributed by atoms with Gasteiger partial charge >= 0.3 is 11.9 Å². The number of carbonyl (C=O) groups is 2. The highest BCUT2D eigenvalue weighted by Gasteiger charge is 2.46. The summed E-state index contributed by atoms with van der Waals surface area (Å²) in [4.78, 5) is 28.3. The Morgan fingerprint density at radius 2 is 1.41 bits per heavy atom. The standard InChI is InChI=1S/C30H27NO6/c1-3-34-29(32)27-26-24-13-9-8-10-20(24)14-19-25(26)37-28(30(33)35-4-2)31(27)21-15-17-23(18-16-21)36-22-11-6-5-7-12-22/h5-19,27-28H,3-4H2,1-2H3/t27?,28-/m0/s1. The summed E-state index contributed by atoms with van der Waals surface area (Å²) in [6.07, 6.45) is -1.19. The van der Waals surface area contributed by atoms with Crippen molar-refractivity contribution in [3.05, 3.63) is 96.6 Å². The fourth-order valence-corrected chi connectivity index (χ4v) is 4.54. The molecule has 4 aromatic carbocycles. The summed E-state index contributed by atoms with van der Waals surface area (Å²) in [6.45, 7) is 3.85. The van der Waals surface area contributed by atoms with Crippen molar-refractivity contribution < 1.29 is 28.5 Å². The summed E-state index contributed by atoms with van der Waals surface area (Å²) in [6, 6.07) is 27.1. The number of fused-ring (bicyclic) bond motifs is 3. The molecule has 0 bridgehead atoms. The third-order valence-corrected chi connectivity index (χ3v) is 6.09. The number of carbonyl (C=O) groups excluding carboxylic acids is 2. The molecule has 0 amide bonds. The molecule has 0 N–H and O–H groups in total. The van der Waals surface area contributed by atoms with Crippen LogP contribution in [0.15, 0.2) is 91.0 Å². The lowest BCUT2D eigenvalue weighted by Crippen LogP contribution is -2.53. The van der Waals surface area contributed by atoms with Crippen LogP contribution in [0.25, 0.3) is 10.8 Å². The Morgan fingerprint density at radius 1 is 0.757 bits per heavy atom. The largest absolute Gasteiger partial charge is 0.464 e. The van der Waals surface area contributed by atoms with Gasteiger partial charge in [-0.1, -0.05) is 48.5 Å². The minimum atomic E-state index is -1.19. The van der Waals surface area contributed by atoms with E-state index in [1.54, 1.807) is 49.1 Å². The predicted octanol–water partition coefficient (Wildman–Crippen LogP) is 6.02. The van der Waals surface area contributed by atoms with Crippen LogP contribution >= 0.6 is 0 Å². The first-order valence-electron chi connectivity index (χ1n) is 12.2. The Hall–Kier alpha value is -4.52. The lowest BCUT2D eigenvalue weighted by atomic mass is 9.94. The van der Waals surface area contributed by atoms with Gasteiger partial charge in [-0.25, -0.2) is 9.59 Å². The van der Waals surface area contributed by atoms with Crippen molar-refractivity contribution in [3.63, 3.8) is 0 Å². The van der Waals surface area contributed by atoms with Crippen molar-refractivity contribution in [1.29, 1.82) is 0 Å². The molecule has 188 valence electrons. The summed E-state index contributed by atoms with van der Waals surface area (Å²) in [7, 11) is 0. The molecule has 4 aromatic rings. The molecule has 0 radical (unpaired) electrons. The Morgan fingerprint density at radius 3 is 2.14 bits per heavy atom. The maximum absolute atomic E-state index is 13.5. The van der Waals surface area contributed by atoms with Gasteiger partial charge in [0.05, 0.1) is 13.2 Å². The normalized spacial score (nSPS) is 16.4. The average Bonchev–Trinajstić information content (AvgIpc) is 2.93. The molecule has 0 saturated heterocycles. The Balaban J connectivity index is 1.63. The molecule has 0 aromatic heterocycles. The monoisotopic (exact) mass is 497 g/mol. The van der Waals surface area contributed by atoms with Gasteiger partial charge in [0.15, 0.2) is 6.04 Å². The first-order valence-corrected chi connectivity index (χ1v) is 12.2. The quantitative estimate of drug-likeness (QED) is 0.289. The molecule has 5 rings (SSSR count). The highest BCUT2D eigenvalue weighted by Crippen LogP contribution is 2.44. The first kappa shape index (κ1) is 24.2. The molecule has 1 heterocycles. The molecule has 0 spiro atoms. The van der Waals surface area contributed by atoms with Crippen LogP contribution in [0.2, 0.25) is 0 Å². The van der Waals surface area contributed by atoms with Crippen LogP contribution in [0.4, 0.5) is 5.69 Å². The lowest BCUT2D eigenvalue weighted by molar-refractivity contribution is -0.154. The molecule has 7 heteroatoms. The van der Waals surface area contributed by atoms with Crippen LogP contribution in [-0.2, 0) is 19.1 Å². The molecule has 0 fully saturated rings. The third-order valence-electron chi connectivity index (χ3n) is 6.09. The van der Waals surface area contributed by atoms with Crippen molar-refractivity contribution in [3.8, 4) is 17.2 Å². The van der Waals surface area contributed by atoms with Gasteiger partial charge in [-0.2, -0.15) is 0 Å². The van der Waals surface area contributed by atoms with Crippen molar-refractivity contribution in [2.75, 3.05) is 18.1 Å². The second kappa shape index (κ2) is 10.6. The molecule has 1 aliphatic rings. The lowest BCUT2D eigenvalue weighted by Gasteiger charge is -2.42. The van der Waals surface area contributed by atoms with Crippen LogP contribution in [0, 0.1) is 0 Å². The number of rotatable bonds is 7. The molecule has 0 saturated carbocycles. The second-order valence-corrected chi connectivity index (χ2v) is 8.39. The highest BCUT2D eigenvalue weighted by atomic mass is 16.6. The summed E-state index contributed by atoms with van der Waals surface area (Å²) < 4.78 is 23.0. The Bertz CT molecular complexity index is 1400. The molecule has 2 atom stereocenters. The maximum atomic E-state index is 13.5. The highest BCUT2D eigenvalue weighted by molar-refractivity contribution is 5.97. The zero-order valence-corrected chi connectivity index (χ0v) is 20.6. The zero-order chi connectivity index (χ0) is 25.8. The molecule has 37 heavy (non-hydrogen) atoms. The van der Waals surface area contributed by atoms with Gasteiger partial charge < -0.3 is 23.8 Å². The molecule has 7 nitrogen and oxygen atoms in total. The van der Waals surface area contributed by atoms with Gasteiger partial charge in [-0.05, 0) is 67.1 Å². The SMILES string of the molecule is CCOC(=O)C1c2c(ccc3ccccc23)O[C@@H](C(=O)OCC)N1c1ccc(Oc2ccccc2)cc1. The summed E-state index contributed by atoms with van der Waals surface area (Å²) in [5, 5.41) is 1.79. The van der Waals surface area contributed by atoms with Crippen LogP contribution < -0.4 is 14.4 Å². The zero-order valence-electron chi connectivity index (χ0n) is 20.6. The Kier molecular flexibility index (Phi) is 6.94. The van der Waals surface area contributed by atoms with E-state index >= 15 is 0 Å². The summed E-state index contributed by atoms with van der Waals surface area (Å²) in [5.41, 5.74) is 1.22. The van der Waals surface area contributed by atoms with Crippen molar-refractivity contribution >= 4 is 28.4 Å². The first-order chi connectivity index (χ1) is 18.1. The molecule has 1 unspecified atom stereocenters. The fourth-order valence-electron chi connectivity index (χ4n) is 4.54.